The van der Waals surface area contributed by atoms with E-state index in [4.69, 9.17) is 14.2 Å². The van der Waals surface area contributed by atoms with Gasteiger partial charge in [-0.15, -0.1) is 0 Å². The average Bonchev–Trinajstić information content (AvgIpc) is 3.60. The normalized spacial score (nSPS) is 20.0. The monoisotopic (exact) mass is 598 g/mol. The second-order valence-corrected chi connectivity index (χ2v) is 12.3. The zero-order chi connectivity index (χ0) is 30.6. The van der Waals surface area contributed by atoms with Crippen molar-refractivity contribution in [2.24, 2.45) is 0 Å². The van der Waals surface area contributed by atoms with Gasteiger partial charge in [0.1, 0.15) is 11.5 Å². The molecule has 0 spiro atoms. The van der Waals surface area contributed by atoms with Crippen LogP contribution in [0.4, 0.5) is 0 Å². The highest BCUT2D eigenvalue weighted by atomic mass is 16.5. The van der Waals surface area contributed by atoms with Crippen molar-refractivity contribution in [2.45, 2.75) is 69.3 Å². The number of aliphatic hydroxyl groups excluding tert-OH is 1. The van der Waals surface area contributed by atoms with E-state index in [9.17, 15) is 14.7 Å². The predicted octanol–water partition coefficient (Wildman–Crippen LogP) is 4.70. The lowest BCUT2D eigenvalue weighted by molar-refractivity contribution is -0.00716. The maximum Gasteiger partial charge on any atom is 0.254 e. The van der Waals surface area contributed by atoms with Crippen LogP contribution in [0.5, 0.6) is 11.5 Å². The summed E-state index contributed by atoms with van der Waals surface area (Å²) in [6, 6.07) is 21.9. The minimum Gasteiger partial charge on any atom is -0.497 e. The fraction of sp³-hybridized carbons (Fsp3) is 0.444. The van der Waals surface area contributed by atoms with Crippen LogP contribution >= 0.6 is 0 Å². The Labute approximate surface area is 259 Å². The van der Waals surface area contributed by atoms with Gasteiger partial charge in [-0.1, -0.05) is 42.5 Å². The summed E-state index contributed by atoms with van der Waals surface area (Å²) in [4.78, 5) is 30.6. The summed E-state index contributed by atoms with van der Waals surface area (Å²) < 4.78 is 16.7. The molecule has 2 bridgehead atoms. The van der Waals surface area contributed by atoms with Crippen molar-refractivity contribution in [1.82, 2.24) is 9.80 Å². The molecule has 2 heterocycles. The molecule has 2 aliphatic heterocycles. The van der Waals surface area contributed by atoms with Gasteiger partial charge in [0.15, 0.2) is 5.78 Å². The van der Waals surface area contributed by atoms with Gasteiger partial charge < -0.3 is 24.2 Å². The van der Waals surface area contributed by atoms with Gasteiger partial charge in [-0.3, -0.25) is 14.5 Å². The predicted molar refractivity (Wildman–Crippen MR) is 167 cm³/mol. The molecule has 232 valence electrons. The standard InChI is InChI=1S/C36H42N2O6/c1-42-33-15-11-28(35(19-33)43-2)20-37(31-17-26-5-3-4-6-27(26)18-31)21-32(39)14-16-34(40)24-7-9-25(10-8-24)36(41)38-29-12-13-30(38)23-44-22-29/h3-11,15,19,29-32,39H,12-14,16-18,20-23H2,1-2H3. The van der Waals surface area contributed by atoms with Crippen molar-refractivity contribution in [3.63, 3.8) is 0 Å². The van der Waals surface area contributed by atoms with E-state index < -0.39 is 6.10 Å². The molecule has 8 nitrogen and oxygen atoms in total. The minimum absolute atomic E-state index is 0.0119. The Balaban J connectivity index is 1.08. The molecule has 1 amide bonds. The Hall–Kier alpha value is -3.72. The lowest BCUT2D eigenvalue weighted by Crippen LogP contribution is -2.49. The molecule has 2 fully saturated rings. The summed E-state index contributed by atoms with van der Waals surface area (Å²) in [6.07, 6.45) is 3.69. The van der Waals surface area contributed by atoms with E-state index in [1.54, 1.807) is 38.5 Å². The van der Waals surface area contributed by atoms with Crippen molar-refractivity contribution in [2.75, 3.05) is 34.0 Å². The summed E-state index contributed by atoms with van der Waals surface area (Å²) in [6.45, 7) is 2.24. The number of carbonyl (C=O) groups is 2. The summed E-state index contributed by atoms with van der Waals surface area (Å²) in [7, 11) is 3.29. The zero-order valence-electron chi connectivity index (χ0n) is 25.6. The second-order valence-electron chi connectivity index (χ2n) is 12.3. The van der Waals surface area contributed by atoms with Gasteiger partial charge in [0.2, 0.25) is 0 Å². The molecule has 0 radical (unpaired) electrons. The molecule has 3 aliphatic rings. The van der Waals surface area contributed by atoms with E-state index in [0.29, 0.717) is 43.9 Å². The lowest BCUT2D eigenvalue weighted by atomic mass is 10.0. The number of benzene rings is 3. The highest BCUT2D eigenvalue weighted by Crippen LogP contribution is 2.32. The number of hydrogen-bond acceptors (Lipinski definition) is 7. The Morgan fingerprint density at radius 2 is 1.59 bits per heavy atom. The van der Waals surface area contributed by atoms with Crippen LogP contribution in [0.25, 0.3) is 0 Å². The smallest absolute Gasteiger partial charge is 0.254 e. The first kappa shape index (κ1) is 30.3. The molecule has 1 N–H and O–H groups in total. The SMILES string of the molecule is COc1ccc(CN(CC(O)CCC(=O)c2ccc(C(=O)N3C4CCC3COC4)cc2)C2Cc3ccccc3C2)c(OC)c1. The number of nitrogens with zero attached hydrogens (tertiary/aromatic N) is 2. The fourth-order valence-corrected chi connectivity index (χ4v) is 7.05. The van der Waals surface area contributed by atoms with E-state index >= 15 is 0 Å². The zero-order valence-corrected chi connectivity index (χ0v) is 25.6. The Morgan fingerprint density at radius 1 is 0.932 bits per heavy atom. The van der Waals surface area contributed by atoms with Gasteiger partial charge in [0.05, 0.1) is 45.6 Å². The van der Waals surface area contributed by atoms with Gasteiger partial charge in [-0.05, 0) is 61.4 Å². The number of aliphatic hydroxyl groups is 1. The maximum absolute atomic E-state index is 13.2. The van der Waals surface area contributed by atoms with E-state index in [2.05, 4.69) is 29.2 Å². The van der Waals surface area contributed by atoms with E-state index in [1.165, 1.54) is 11.1 Å². The Bertz CT molecular complexity index is 1430. The highest BCUT2D eigenvalue weighted by molar-refractivity contribution is 5.99. The average molecular weight is 599 g/mol. The molecule has 44 heavy (non-hydrogen) atoms. The number of ether oxygens (including phenoxy) is 3. The number of fused-ring (bicyclic) bond motifs is 3. The van der Waals surface area contributed by atoms with Crippen LogP contribution in [-0.2, 0) is 24.1 Å². The molecule has 3 aromatic carbocycles. The number of hydrogen-bond donors (Lipinski definition) is 1. The van der Waals surface area contributed by atoms with Gasteiger partial charge in [-0.25, -0.2) is 0 Å². The lowest BCUT2D eigenvalue weighted by Gasteiger charge is -2.34. The Kier molecular flexibility index (Phi) is 9.31. The van der Waals surface area contributed by atoms with Crippen LogP contribution in [0.1, 0.15) is 63.1 Å². The third kappa shape index (κ3) is 6.53. The van der Waals surface area contributed by atoms with Crippen LogP contribution in [0, 0.1) is 0 Å². The third-order valence-electron chi connectivity index (χ3n) is 9.49. The third-order valence-corrected chi connectivity index (χ3v) is 9.49. The van der Waals surface area contributed by atoms with E-state index in [-0.39, 0.29) is 36.2 Å². The van der Waals surface area contributed by atoms with Crippen LogP contribution in [-0.4, -0.2) is 84.8 Å². The first-order chi connectivity index (χ1) is 21.4. The molecule has 3 unspecified atom stereocenters. The summed E-state index contributed by atoms with van der Waals surface area (Å²) in [5, 5.41) is 11.2. The highest BCUT2D eigenvalue weighted by Gasteiger charge is 2.40. The number of Topliss-reactive ketones (excluding diaryl/α,β-unsaturated/α-hetero) is 1. The number of methoxy groups -OCH3 is 2. The van der Waals surface area contributed by atoms with Crippen molar-refractivity contribution in [3.8, 4) is 11.5 Å². The Morgan fingerprint density at radius 3 is 2.23 bits per heavy atom. The first-order valence-electron chi connectivity index (χ1n) is 15.7. The topological polar surface area (TPSA) is 88.5 Å². The van der Waals surface area contributed by atoms with E-state index in [1.807, 2.05) is 23.1 Å². The van der Waals surface area contributed by atoms with Crippen LogP contribution in [0.15, 0.2) is 66.7 Å². The van der Waals surface area contributed by atoms with E-state index in [0.717, 1.165) is 42.7 Å². The first-order valence-corrected chi connectivity index (χ1v) is 15.7. The molecule has 8 heteroatoms. The molecule has 0 aromatic heterocycles. The minimum atomic E-state index is -0.676. The molecule has 2 saturated heterocycles. The molecule has 3 atom stereocenters. The number of amides is 1. The largest absolute Gasteiger partial charge is 0.497 e. The second kappa shape index (κ2) is 13.5. The molecular formula is C36H42N2O6. The number of morpholine rings is 1. The molecule has 1 aliphatic carbocycles. The van der Waals surface area contributed by atoms with Crippen molar-refractivity contribution in [3.05, 3.63) is 94.5 Å². The maximum atomic E-state index is 13.2. The van der Waals surface area contributed by atoms with Crippen LogP contribution in [0.3, 0.4) is 0 Å². The van der Waals surface area contributed by atoms with Crippen molar-refractivity contribution >= 4 is 11.7 Å². The quantitative estimate of drug-likeness (QED) is 0.303. The molecule has 0 saturated carbocycles. The molecule has 6 rings (SSSR count). The number of rotatable bonds is 12. The molecular weight excluding hydrogens is 556 g/mol. The number of ketones is 1. The molecule has 3 aromatic rings. The van der Waals surface area contributed by atoms with Gasteiger partial charge >= 0.3 is 0 Å². The summed E-state index contributed by atoms with van der Waals surface area (Å²) in [5.74, 6) is 1.45. The fourth-order valence-electron chi connectivity index (χ4n) is 7.05. The van der Waals surface area contributed by atoms with Crippen LogP contribution < -0.4 is 9.47 Å². The van der Waals surface area contributed by atoms with Crippen molar-refractivity contribution in [1.29, 1.82) is 0 Å². The van der Waals surface area contributed by atoms with Crippen molar-refractivity contribution < 1.29 is 28.9 Å². The summed E-state index contributed by atoms with van der Waals surface area (Å²) in [5.41, 5.74) is 4.87. The van der Waals surface area contributed by atoms with Gasteiger partial charge in [-0.2, -0.15) is 0 Å². The van der Waals surface area contributed by atoms with Crippen LogP contribution in [0.2, 0.25) is 0 Å². The summed E-state index contributed by atoms with van der Waals surface area (Å²) >= 11 is 0. The number of carbonyl (C=O) groups excluding carboxylic acids is 2. The van der Waals surface area contributed by atoms with Gasteiger partial charge in [0, 0.05) is 48.3 Å². The van der Waals surface area contributed by atoms with Gasteiger partial charge in [0.25, 0.3) is 5.91 Å².